The molecule has 0 N–H and O–H groups in total. The second-order valence-corrected chi connectivity index (χ2v) is 17.7. The lowest BCUT2D eigenvalue weighted by atomic mass is 9.42. The number of nitrogens with zero attached hydrogens (tertiary/aromatic N) is 2. The summed E-state index contributed by atoms with van der Waals surface area (Å²) in [6.45, 7) is 6.84. The molecule has 12 rings (SSSR count). The first-order chi connectivity index (χ1) is 30.1. The van der Waals surface area contributed by atoms with E-state index in [9.17, 15) is 0 Å². The number of para-hydroxylation sites is 2. The van der Waals surface area contributed by atoms with Crippen molar-refractivity contribution >= 4 is 51.0 Å². The van der Waals surface area contributed by atoms with E-state index in [0.717, 1.165) is 12.8 Å². The zero-order chi connectivity index (χ0) is 40.8. The van der Waals surface area contributed by atoms with Gasteiger partial charge in [0.05, 0.1) is 16.4 Å². The number of anilines is 2. The summed E-state index contributed by atoms with van der Waals surface area (Å²) in [5, 5.41) is 2.76. The predicted molar refractivity (Wildman–Crippen MR) is 259 cm³/mol. The molecular weight excluding hydrogens is 735 g/mol. The van der Waals surface area contributed by atoms with Crippen LogP contribution in [0.25, 0.3) is 49.7 Å². The maximum atomic E-state index is 2.77. The van der Waals surface area contributed by atoms with Crippen LogP contribution in [-0.4, -0.2) is 11.4 Å². The number of aromatic nitrogens is 1. The van der Waals surface area contributed by atoms with E-state index in [1.807, 2.05) is 0 Å². The van der Waals surface area contributed by atoms with Crippen molar-refractivity contribution < 1.29 is 0 Å². The highest BCUT2D eigenvalue weighted by atomic mass is 15.1. The molecule has 8 aromatic carbocycles. The van der Waals surface area contributed by atoms with Gasteiger partial charge < -0.3 is 9.38 Å². The quantitative estimate of drug-likeness (QED) is 0.132. The highest BCUT2D eigenvalue weighted by Crippen LogP contribution is 2.60. The Morgan fingerprint density at radius 3 is 1.93 bits per heavy atom. The van der Waals surface area contributed by atoms with E-state index in [0.29, 0.717) is 0 Å². The van der Waals surface area contributed by atoms with Gasteiger partial charge in [0, 0.05) is 33.4 Å². The molecule has 0 aliphatic carbocycles. The molecule has 294 valence electrons. The second kappa shape index (κ2) is 14.0. The fourth-order valence-corrected chi connectivity index (χ4v) is 11.6. The van der Waals surface area contributed by atoms with Crippen LogP contribution < -0.4 is 15.7 Å². The van der Waals surface area contributed by atoms with Crippen LogP contribution in [0.2, 0.25) is 0 Å². The largest absolute Gasteiger partial charge is 0.376 e. The van der Waals surface area contributed by atoms with Gasteiger partial charge in [-0.1, -0.05) is 160 Å². The molecule has 1 aromatic heterocycles. The Morgan fingerprint density at radius 2 is 1.18 bits per heavy atom. The Balaban J connectivity index is 1.26. The van der Waals surface area contributed by atoms with Gasteiger partial charge in [-0.3, -0.25) is 0 Å². The van der Waals surface area contributed by atoms with Gasteiger partial charge in [-0.25, -0.2) is 0 Å². The first kappa shape index (κ1) is 36.3. The lowest BCUT2D eigenvalue weighted by Crippen LogP contribution is -2.62. The van der Waals surface area contributed by atoms with E-state index in [1.54, 1.807) is 0 Å². The molecule has 0 bridgehead atoms. The highest BCUT2D eigenvalue weighted by molar-refractivity contribution is 6.93. The third-order valence-electron chi connectivity index (χ3n) is 14.3. The van der Waals surface area contributed by atoms with Crippen LogP contribution in [0.4, 0.5) is 11.4 Å². The van der Waals surface area contributed by atoms with E-state index in [-0.39, 0.29) is 6.85 Å². The molecule has 2 nitrogen and oxygen atoms in total. The molecule has 0 amide bonds. The molecule has 0 atom stereocenters. The minimum absolute atomic E-state index is 0.0317. The maximum Gasteiger partial charge on any atom is 0.333 e. The van der Waals surface area contributed by atoms with E-state index >= 15 is 0 Å². The van der Waals surface area contributed by atoms with Gasteiger partial charge >= 0.3 is 6.85 Å². The zero-order valence-electron chi connectivity index (χ0n) is 35.4. The molecule has 3 heteroatoms. The van der Waals surface area contributed by atoms with Crippen molar-refractivity contribution in [2.75, 3.05) is 4.81 Å². The van der Waals surface area contributed by atoms with Crippen molar-refractivity contribution in [2.45, 2.75) is 64.7 Å². The number of unbranched alkanes of at least 4 members (excludes halogenated alkanes) is 2. The smallest absolute Gasteiger partial charge is 0.333 e. The normalized spacial score (nSPS) is 14.0. The van der Waals surface area contributed by atoms with Crippen molar-refractivity contribution in [3.05, 3.63) is 209 Å². The lowest BCUT2D eigenvalue weighted by Gasteiger charge is -2.52. The summed E-state index contributed by atoms with van der Waals surface area (Å²) < 4.78 is 2.66. The van der Waals surface area contributed by atoms with Crippen molar-refractivity contribution in [1.82, 2.24) is 4.57 Å². The number of rotatable bonds is 9. The summed E-state index contributed by atoms with van der Waals surface area (Å²) in [5.74, 6) is 0. The Morgan fingerprint density at radius 1 is 0.525 bits per heavy atom. The third-order valence-corrected chi connectivity index (χ3v) is 14.3. The SMILES string of the molecule is CCCCc1ccc2c(c1)c1cc(CCCC)cc3c1n2-c1cc(-c2ccccc2C)cc2c1B3N1c3ccccc3C(c3ccccc3)(c3ccccc3)c3cccc-2c31. The van der Waals surface area contributed by atoms with Crippen LogP contribution in [0.1, 0.15) is 78.5 Å². The standard InChI is InChI=1S/C58H49BN2/c1-4-6-20-39-31-32-52-46(33-39)48-34-40(21-7-5-2)35-51-57(48)60(52)54-37-41(44-26-15-14-19-38(44)3)36-47-45-27-18-29-50-56(45)61(59(51)55(47)54)53-30-17-16-28-49(53)58(50,42-22-10-8-11-23-42)43-24-12-9-13-25-43/h8-19,22-37H,4-7,20-21H2,1-3H3. The van der Waals surface area contributed by atoms with E-state index in [1.165, 1.54) is 137 Å². The molecule has 0 unspecified atom stereocenters. The Bertz CT molecular complexity index is 3150. The molecule has 0 spiro atoms. The predicted octanol–water partition coefficient (Wildman–Crippen LogP) is 13.4. The fraction of sp³-hybridized carbons (Fsp3) is 0.172. The molecule has 0 saturated heterocycles. The summed E-state index contributed by atoms with van der Waals surface area (Å²) in [7, 11) is 0. The van der Waals surface area contributed by atoms with E-state index in [2.05, 4.69) is 200 Å². The van der Waals surface area contributed by atoms with Crippen LogP contribution in [0.15, 0.2) is 170 Å². The number of hydrogen-bond donors (Lipinski definition) is 0. The molecule has 0 fully saturated rings. The summed E-state index contributed by atoms with van der Waals surface area (Å²) in [6, 6.07) is 65.5. The summed E-state index contributed by atoms with van der Waals surface area (Å²) in [6.07, 6.45) is 6.92. The molecular formula is C58H49BN2. The number of hydrogen-bond acceptors (Lipinski definition) is 1. The van der Waals surface area contributed by atoms with Gasteiger partial charge in [-0.2, -0.15) is 0 Å². The topological polar surface area (TPSA) is 8.17 Å². The molecule has 3 aliphatic rings. The first-order valence-corrected chi connectivity index (χ1v) is 22.6. The molecule has 61 heavy (non-hydrogen) atoms. The van der Waals surface area contributed by atoms with Gasteiger partial charge in [-0.15, -0.1) is 0 Å². The molecule has 9 aromatic rings. The summed E-state index contributed by atoms with van der Waals surface area (Å²) >= 11 is 0. The van der Waals surface area contributed by atoms with Crippen molar-refractivity contribution in [2.24, 2.45) is 0 Å². The monoisotopic (exact) mass is 784 g/mol. The van der Waals surface area contributed by atoms with E-state index in [4.69, 9.17) is 0 Å². The molecule has 3 aliphatic heterocycles. The van der Waals surface area contributed by atoms with Crippen LogP contribution in [0.3, 0.4) is 0 Å². The first-order valence-electron chi connectivity index (χ1n) is 22.6. The Kier molecular flexibility index (Phi) is 8.33. The van der Waals surface area contributed by atoms with Crippen LogP contribution in [0.5, 0.6) is 0 Å². The van der Waals surface area contributed by atoms with Crippen molar-refractivity contribution in [1.29, 1.82) is 0 Å². The minimum atomic E-state index is -0.536. The molecule has 4 heterocycles. The highest BCUT2D eigenvalue weighted by Gasteiger charge is 2.53. The van der Waals surface area contributed by atoms with Gasteiger partial charge in [0.1, 0.15) is 0 Å². The Hall–Kier alpha value is -6.58. The van der Waals surface area contributed by atoms with Gasteiger partial charge in [-0.05, 0) is 136 Å². The van der Waals surface area contributed by atoms with Crippen LogP contribution >= 0.6 is 0 Å². The maximum absolute atomic E-state index is 2.77. The summed E-state index contributed by atoms with van der Waals surface area (Å²) in [5.41, 5.74) is 23.4. The summed E-state index contributed by atoms with van der Waals surface area (Å²) in [4.78, 5) is 2.77. The van der Waals surface area contributed by atoms with E-state index < -0.39 is 5.41 Å². The Labute approximate surface area is 360 Å². The minimum Gasteiger partial charge on any atom is -0.376 e. The van der Waals surface area contributed by atoms with Crippen molar-refractivity contribution in [3.63, 3.8) is 0 Å². The number of fused-ring (bicyclic) bond motifs is 9. The van der Waals surface area contributed by atoms with Gasteiger partial charge in [0.2, 0.25) is 0 Å². The van der Waals surface area contributed by atoms with Crippen LogP contribution in [0, 0.1) is 6.92 Å². The van der Waals surface area contributed by atoms with Gasteiger partial charge in [0.25, 0.3) is 0 Å². The number of aryl methyl sites for hydroxylation is 3. The molecule has 0 radical (unpaired) electrons. The van der Waals surface area contributed by atoms with Crippen molar-refractivity contribution in [3.8, 4) is 27.9 Å². The average Bonchev–Trinajstić information content (AvgIpc) is 3.64. The number of benzene rings is 8. The second-order valence-electron chi connectivity index (χ2n) is 17.7. The van der Waals surface area contributed by atoms with Gasteiger partial charge in [0.15, 0.2) is 0 Å². The zero-order valence-corrected chi connectivity index (χ0v) is 35.4. The third kappa shape index (κ3) is 5.10. The van der Waals surface area contributed by atoms with Crippen LogP contribution in [-0.2, 0) is 18.3 Å². The average molecular weight is 785 g/mol. The lowest BCUT2D eigenvalue weighted by molar-refractivity contribution is 0.734. The molecule has 0 saturated carbocycles. The fourth-order valence-electron chi connectivity index (χ4n) is 11.6.